The smallest absolute Gasteiger partial charge is 0.307 e. The van der Waals surface area contributed by atoms with Gasteiger partial charge < -0.3 is 10.1 Å². The molecule has 2 N–H and O–H groups in total. The Labute approximate surface area is 129 Å². The number of esters is 1. The first kappa shape index (κ1) is 19.1. The number of ether oxygens (including phenoxy) is 1. The van der Waals surface area contributed by atoms with Crippen molar-refractivity contribution in [1.82, 2.24) is 9.44 Å². The number of amides is 1. The number of rotatable bonds is 6. The largest absolute Gasteiger partial charge is 0.469 e. The van der Waals surface area contributed by atoms with E-state index in [1.165, 1.54) is 7.05 Å². The van der Waals surface area contributed by atoms with Gasteiger partial charge in [0.25, 0.3) is 3.12 Å². The highest BCUT2D eigenvalue weighted by Crippen LogP contribution is 2.37. The molecule has 0 saturated heterocycles. The van der Waals surface area contributed by atoms with Crippen LogP contribution >= 0.6 is 46.8 Å². The van der Waals surface area contributed by atoms with E-state index in [1.807, 2.05) is 4.13 Å². The zero-order valence-corrected chi connectivity index (χ0v) is 13.7. The van der Waals surface area contributed by atoms with E-state index >= 15 is 0 Å². The first-order chi connectivity index (χ1) is 8.53. The molecule has 1 atom stereocenters. The van der Waals surface area contributed by atoms with Gasteiger partial charge in [0.05, 0.1) is 13.5 Å². The Hall–Kier alpha value is 0.0700. The van der Waals surface area contributed by atoms with Crippen molar-refractivity contribution >= 4 is 68.7 Å². The molecule has 0 bridgehead atoms. The molecule has 0 heterocycles. The number of alkyl halides is 3. The lowest BCUT2D eigenvalue weighted by Gasteiger charge is -2.17. The molecule has 0 aromatic heterocycles. The molecule has 112 valence electrons. The van der Waals surface area contributed by atoms with Gasteiger partial charge in [0, 0.05) is 7.05 Å². The van der Waals surface area contributed by atoms with Gasteiger partial charge in [-0.3, -0.25) is 9.59 Å². The van der Waals surface area contributed by atoms with Gasteiger partial charge in [-0.05, 0) is 11.9 Å². The fourth-order valence-corrected chi connectivity index (χ4v) is 3.82. The maximum Gasteiger partial charge on any atom is 0.307 e. The van der Waals surface area contributed by atoms with Gasteiger partial charge in [-0.25, -0.2) is 8.42 Å². The Balaban J connectivity index is 5.02. The zero-order valence-electron chi connectivity index (χ0n) is 9.78. The maximum atomic E-state index is 11.9. The van der Waals surface area contributed by atoms with Crippen LogP contribution in [0.15, 0.2) is 0 Å². The van der Waals surface area contributed by atoms with E-state index in [2.05, 4.69) is 10.1 Å². The molecule has 0 rings (SSSR count). The van der Waals surface area contributed by atoms with Crippen molar-refractivity contribution in [2.45, 2.75) is 14.8 Å². The van der Waals surface area contributed by atoms with Crippen LogP contribution in [0.1, 0.15) is 6.42 Å². The third kappa shape index (κ3) is 7.42. The highest BCUT2D eigenvalue weighted by molar-refractivity contribution is 8.12. The summed E-state index contributed by atoms with van der Waals surface area (Å²) in [6.45, 7) is 0. The molecule has 7 nitrogen and oxygen atoms in total. The second-order valence-corrected chi connectivity index (χ2v) is 9.16. The van der Waals surface area contributed by atoms with Crippen LogP contribution in [0.25, 0.3) is 0 Å². The van der Waals surface area contributed by atoms with Crippen LogP contribution in [-0.2, 0) is 24.3 Å². The van der Waals surface area contributed by atoms with Gasteiger partial charge >= 0.3 is 5.97 Å². The predicted octanol–water partition coefficient (Wildman–Crippen LogP) is 0.559. The molecule has 0 spiro atoms. The normalized spacial score (nSPS) is 13.7. The standard InChI is InChI=1S/C7H11Cl3N2O5S2/c1-11-6(14)4(3-5(13)17-2)19(15,16)12-18-7(8,9)10/h4,12H,3H2,1-2H3,(H,11,14). The van der Waals surface area contributed by atoms with Crippen molar-refractivity contribution in [3.8, 4) is 0 Å². The van der Waals surface area contributed by atoms with Gasteiger partial charge in [-0.2, -0.15) is 4.13 Å². The van der Waals surface area contributed by atoms with E-state index in [1.54, 1.807) is 0 Å². The Bertz CT molecular complexity index is 437. The maximum absolute atomic E-state index is 11.9. The van der Waals surface area contributed by atoms with Crippen molar-refractivity contribution < 1.29 is 22.7 Å². The van der Waals surface area contributed by atoms with Crippen molar-refractivity contribution in [2.24, 2.45) is 0 Å². The lowest BCUT2D eigenvalue weighted by molar-refractivity contribution is -0.141. The average Bonchev–Trinajstić information content (AvgIpc) is 2.31. The van der Waals surface area contributed by atoms with Crippen molar-refractivity contribution in [3.05, 3.63) is 0 Å². The Morgan fingerprint density at radius 3 is 2.26 bits per heavy atom. The summed E-state index contributed by atoms with van der Waals surface area (Å²) in [7, 11) is -1.93. The topological polar surface area (TPSA) is 102 Å². The van der Waals surface area contributed by atoms with Gasteiger partial charge in [0.1, 0.15) is 0 Å². The molecule has 0 aromatic carbocycles. The number of halogens is 3. The monoisotopic (exact) mass is 372 g/mol. The number of nitrogens with one attached hydrogen (secondary N) is 2. The predicted molar refractivity (Wildman–Crippen MR) is 74.4 cm³/mol. The Kier molecular flexibility index (Phi) is 7.78. The number of methoxy groups -OCH3 is 1. The first-order valence-electron chi connectivity index (χ1n) is 4.57. The van der Waals surface area contributed by atoms with Crippen molar-refractivity contribution in [1.29, 1.82) is 0 Å². The summed E-state index contributed by atoms with van der Waals surface area (Å²) in [4.78, 5) is 22.6. The van der Waals surface area contributed by atoms with E-state index in [0.29, 0.717) is 0 Å². The molecule has 12 heteroatoms. The van der Waals surface area contributed by atoms with Gasteiger partial charge in [0.15, 0.2) is 5.25 Å². The summed E-state index contributed by atoms with van der Waals surface area (Å²) < 4.78 is 28.0. The Morgan fingerprint density at radius 2 is 1.89 bits per heavy atom. The fourth-order valence-electron chi connectivity index (χ4n) is 0.902. The van der Waals surface area contributed by atoms with Crippen molar-refractivity contribution in [2.75, 3.05) is 14.2 Å². The summed E-state index contributed by atoms with van der Waals surface area (Å²) in [5.41, 5.74) is 0. The zero-order chi connectivity index (χ0) is 15.3. The van der Waals surface area contributed by atoms with Crippen LogP contribution < -0.4 is 9.44 Å². The average molecular weight is 374 g/mol. The van der Waals surface area contributed by atoms with Crippen LogP contribution in [0.4, 0.5) is 0 Å². The van der Waals surface area contributed by atoms with E-state index < -0.39 is 36.7 Å². The van der Waals surface area contributed by atoms with Crippen molar-refractivity contribution in [3.63, 3.8) is 0 Å². The third-order valence-electron chi connectivity index (χ3n) is 1.77. The molecule has 19 heavy (non-hydrogen) atoms. The molecule has 0 aromatic rings. The van der Waals surface area contributed by atoms with Gasteiger partial charge in [-0.1, -0.05) is 34.8 Å². The lowest BCUT2D eigenvalue weighted by Crippen LogP contribution is -2.44. The second kappa shape index (κ2) is 7.75. The molecule has 0 fully saturated rings. The molecule has 0 aliphatic carbocycles. The summed E-state index contributed by atoms with van der Waals surface area (Å²) in [6.07, 6.45) is -0.661. The van der Waals surface area contributed by atoms with Crippen LogP contribution in [0.2, 0.25) is 0 Å². The number of carbonyl (C=O) groups excluding carboxylic acids is 2. The van der Waals surface area contributed by atoms with Gasteiger partial charge in [-0.15, -0.1) is 0 Å². The third-order valence-corrected chi connectivity index (χ3v) is 5.08. The molecular formula is C7H11Cl3N2O5S2. The highest BCUT2D eigenvalue weighted by atomic mass is 35.6. The number of carbonyl (C=O) groups is 2. The molecule has 0 aliphatic rings. The lowest BCUT2D eigenvalue weighted by atomic mass is 10.3. The highest BCUT2D eigenvalue weighted by Gasteiger charge is 2.36. The number of hydrogen-bond donors (Lipinski definition) is 2. The molecule has 0 radical (unpaired) electrons. The minimum Gasteiger partial charge on any atom is -0.469 e. The van der Waals surface area contributed by atoms with E-state index in [4.69, 9.17) is 34.8 Å². The molecule has 1 unspecified atom stereocenters. The van der Waals surface area contributed by atoms with Gasteiger partial charge in [0.2, 0.25) is 15.9 Å². The summed E-state index contributed by atoms with van der Waals surface area (Å²) >= 11 is 16.4. The van der Waals surface area contributed by atoms with E-state index in [0.717, 1.165) is 7.11 Å². The number of hydrogen-bond acceptors (Lipinski definition) is 6. The van der Waals surface area contributed by atoms with E-state index in [-0.39, 0.29) is 11.9 Å². The summed E-state index contributed by atoms with van der Waals surface area (Å²) in [5, 5.41) is 0.434. The second-order valence-electron chi connectivity index (χ2n) is 3.06. The minimum absolute atomic E-state index is 0.258. The van der Waals surface area contributed by atoms with Crippen LogP contribution in [0.3, 0.4) is 0 Å². The van der Waals surface area contributed by atoms with Crippen LogP contribution in [-0.4, -0.2) is 42.8 Å². The Morgan fingerprint density at radius 1 is 1.37 bits per heavy atom. The quantitative estimate of drug-likeness (QED) is 0.401. The van der Waals surface area contributed by atoms with Crippen LogP contribution in [0.5, 0.6) is 0 Å². The summed E-state index contributed by atoms with van der Waals surface area (Å²) in [6, 6.07) is 0. The minimum atomic E-state index is -4.23. The summed E-state index contributed by atoms with van der Waals surface area (Å²) in [5.74, 6) is -1.75. The molecular weight excluding hydrogens is 363 g/mol. The number of sulfonamides is 1. The first-order valence-corrected chi connectivity index (χ1v) is 8.07. The fraction of sp³-hybridized carbons (Fsp3) is 0.714. The molecule has 0 aliphatic heterocycles. The molecule has 1 amide bonds. The molecule has 0 saturated carbocycles. The van der Waals surface area contributed by atoms with Crippen LogP contribution in [0, 0.1) is 0 Å². The SMILES string of the molecule is CNC(=O)C(CC(=O)OC)S(=O)(=O)NSC(Cl)(Cl)Cl. The van der Waals surface area contributed by atoms with E-state index in [9.17, 15) is 18.0 Å².